The Morgan fingerprint density at radius 2 is 1.76 bits per heavy atom. The second kappa shape index (κ2) is 10.8. The van der Waals surface area contributed by atoms with E-state index in [0.717, 1.165) is 17.8 Å². The summed E-state index contributed by atoms with van der Waals surface area (Å²) in [5.74, 6) is 0.104. The lowest BCUT2D eigenvalue weighted by Gasteiger charge is -2.12. The number of carbonyl (C=O) groups is 1. The number of amides is 1. The molecule has 0 aliphatic rings. The van der Waals surface area contributed by atoms with E-state index >= 15 is 0 Å². The summed E-state index contributed by atoms with van der Waals surface area (Å²) in [7, 11) is 0. The van der Waals surface area contributed by atoms with Crippen LogP contribution < -0.4 is 5.32 Å². The average molecular weight is 468 g/mol. The van der Waals surface area contributed by atoms with Crippen LogP contribution in [-0.4, -0.2) is 31.6 Å². The number of allylic oxidation sites excluding steroid dienone is 1. The molecule has 0 saturated carbocycles. The van der Waals surface area contributed by atoms with E-state index < -0.39 is 11.9 Å². The highest BCUT2D eigenvalue weighted by molar-refractivity contribution is 5.90. The number of rotatable bonds is 7. The summed E-state index contributed by atoms with van der Waals surface area (Å²) in [5.41, 5.74) is 2.48. The summed E-state index contributed by atoms with van der Waals surface area (Å²) >= 11 is 0. The molecule has 0 radical (unpaired) electrons. The molecule has 0 spiro atoms. The molecule has 3 heterocycles. The predicted molar refractivity (Wildman–Crippen MR) is 124 cm³/mol. The van der Waals surface area contributed by atoms with Gasteiger partial charge in [-0.05, 0) is 57.0 Å². The maximum Gasteiger partial charge on any atom is 0.433 e. The molecule has 0 atom stereocenters. The van der Waals surface area contributed by atoms with Gasteiger partial charge in [-0.3, -0.25) is 24.7 Å². The van der Waals surface area contributed by atoms with Crippen molar-refractivity contribution in [2.75, 3.05) is 5.32 Å². The molecule has 1 N–H and O–H groups in total. The molecule has 1 amide bonds. The Kier molecular flexibility index (Phi) is 7.83. The van der Waals surface area contributed by atoms with Crippen molar-refractivity contribution in [2.24, 2.45) is 4.99 Å². The number of nitrogens with one attached hydrogen (secondary N) is 1. The minimum atomic E-state index is -4.56. The molecule has 0 aliphatic heterocycles. The van der Waals surface area contributed by atoms with Crippen molar-refractivity contribution in [3.05, 3.63) is 72.1 Å². The van der Waals surface area contributed by atoms with Crippen LogP contribution in [0.4, 0.5) is 19.0 Å². The number of aromatic nitrogens is 4. The molecule has 34 heavy (non-hydrogen) atoms. The van der Waals surface area contributed by atoms with Crippen LogP contribution in [0.2, 0.25) is 0 Å². The lowest BCUT2D eigenvalue weighted by molar-refractivity contribution is -0.141. The number of anilines is 1. The zero-order valence-corrected chi connectivity index (χ0v) is 18.9. The van der Waals surface area contributed by atoms with Gasteiger partial charge in [-0.2, -0.15) is 13.2 Å². The molecule has 3 aromatic rings. The molecule has 0 saturated heterocycles. The van der Waals surface area contributed by atoms with Gasteiger partial charge in [0.1, 0.15) is 11.5 Å². The van der Waals surface area contributed by atoms with Crippen LogP contribution in [-0.2, 0) is 11.0 Å². The van der Waals surface area contributed by atoms with Gasteiger partial charge >= 0.3 is 6.18 Å². The Labute approximate surface area is 194 Å². The standard InChI is InChI=1S/C24H23F3N6O/c1-15(2)32-23(17-8-9-30-20(12-17)24(25,26)27)16(3)4-7-22(34)33-21-6-5-18(13-31-21)19-14-28-10-11-29-19/h5-6,8-14H,4,7H2,1-3H3,(H,31,33,34)/b23-16-. The summed E-state index contributed by atoms with van der Waals surface area (Å²) in [6.45, 7) is 5.25. The monoisotopic (exact) mass is 468 g/mol. The molecule has 10 heteroatoms. The fourth-order valence-electron chi connectivity index (χ4n) is 3.06. The van der Waals surface area contributed by atoms with Gasteiger partial charge in [-0.15, -0.1) is 0 Å². The first kappa shape index (κ1) is 24.7. The van der Waals surface area contributed by atoms with Gasteiger partial charge in [0.05, 0.1) is 17.6 Å². The van der Waals surface area contributed by atoms with E-state index in [4.69, 9.17) is 0 Å². The lowest BCUT2D eigenvalue weighted by atomic mass is 10.0. The van der Waals surface area contributed by atoms with E-state index in [9.17, 15) is 18.0 Å². The molecule has 3 rings (SSSR count). The molecular weight excluding hydrogens is 445 g/mol. The largest absolute Gasteiger partial charge is 0.433 e. The van der Waals surface area contributed by atoms with Crippen LogP contribution in [0.5, 0.6) is 0 Å². The molecule has 0 aliphatic carbocycles. The van der Waals surface area contributed by atoms with Crippen LogP contribution in [0.15, 0.2) is 65.8 Å². The van der Waals surface area contributed by atoms with E-state index in [-0.39, 0.29) is 12.3 Å². The van der Waals surface area contributed by atoms with Gasteiger partial charge < -0.3 is 5.32 Å². The Bertz CT molecular complexity index is 1200. The van der Waals surface area contributed by atoms with Gasteiger partial charge in [-0.1, -0.05) is 0 Å². The third-order valence-electron chi connectivity index (χ3n) is 4.68. The molecule has 0 aromatic carbocycles. The van der Waals surface area contributed by atoms with Crippen molar-refractivity contribution in [1.82, 2.24) is 19.9 Å². The lowest BCUT2D eigenvalue weighted by Crippen LogP contribution is -2.12. The summed E-state index contributed by atoms with van der Waals surface area (Å²) < 4.78 is 39.3. The molecule has 3 aromatic heterocycles. The van der Waals surface area contributed by atoms with Crippen molar-refractivity contribution >= 4 is 23.1 Å². The van der Waals surface area contributed by atoms with E-state index in [1.54, 1.807) is 57.7 Å². The molecule has 0 unspecified atom stereocenters. The zero-order chi connectivity index (χ0) is 24.7. The van der Waals surface area contributed by atoms with Crippen molar-refractivity contribution in [3.8, 4) is 11.3 Å². The summed E-state index contributed by atoms with van der Waals surface area (Å²) in [6.07, 6.45) is 3.31. The minimum absolute atomic E-state index is 0.110. The molecular formula is C24H23F3N6O. The van der Waals surface area contributed by atoms with Crippen molar-refractivity contribution in [2.45, 2.75) is 39.8 Å². The third-order valence-corrected chi connectivity index (χ3v) is 4.68. The quantitative estimate of drug-likeness (QED) is 0.457. The van der Waals surface area contributed by atoms with Crippen LogP contribution in [0.25, 0.3) is 17.0 Å². The van der Waals surface area contributed by atoms with Gasteiger partial charge in [-0.25, -0.2) is 4.98 Å². The highest BCUT2D eigenvalue weighted by Crippen LogP contribution is 2.31. The molecule has 7 nitrogen and oxygen atoms in total. The van der Waals surface area contributed by atoms with Crippen LogP contribution in [0.1, 0.15) is 44.9 Å². The Hall–Kier alpha value is -3.95. The summed E-state index contributed by atoms with van der Waals surface area (Å²) in [4.78, 5) is 32.7. The van der Waals surface area contributed by atoms with Crippen LogP contribution in [0, 0.1) is 0 Å². The molecule has 176 valence electrons. The Morgan fingerprint density at radius 3 is 2.38 bits per heavy atom. The van der Waals surface area contributed by atoms with Gasteiger partial charge in [0.15, 0.2) is 0 Å². The average Bonchev–Trinajstić information content (AvgIpc) is 2.81. The predicted octanol–water partition coefficient (Wildman–Crippen LogP) is 5.58. The first-order valence-corrected chi connectivity index (χ1v) is 10.4. The molecule has 0 bridgehead atoms. The number of halogens is 3. The third kappa shape index (κ3) is 6.77. The number of hydrogen-bond donors (Lipinski definition) is 1. The van der Waals surface area contributed by atoms with Crippen molar-refractivity contribution in [3.63, 3.8) is 0 Å². The van der Waals surface area contributed by atoms with E-state index in [1.165, 1.54) is 6.07 Å². The number of nitrogens with zero attached hydrogens (tertiary/aromatic N) is 5. The highest BCUT2D eigenvalue weighted by atomic mass is 19.4. The number of aliphatic imine (C=N–C) groups is 1. The number of hydrogen-bond acceptors (Lipinski definition) is 6. The maximum atomic E-state index is 13.1. The normalized spacial score (nSPS) is 12.1. The number of pyridine rings is 2. The van der Waals surface area contributed by atoms with Gasteiger partial charge in [0, 0.05) is 48.0 Å². The zero-order valence-electron chi connectivity index (χ0n) is 18.9. The second-order valence-corrected chi connectivity index (χ2v) is 7.69. The topological polar surface area (TPSA) is 93.0 Å². The summed E-state index contributed by atoms with van der Waals surface area (Å²) in [5, 5.41) is 2.72. The number of carbonyl (C=O) groups excluding carboxylic acids is 1. The fourth-order valence-corrected chi connectivity index (χ4v) is 3.06. The van der Waals surface area contributed by atoms with E-state index in [1.807, 2.05) is 0 Å². The highest BCUT2D eigenvalue weighted by Gasteiger charge is 2.32. The maximum absolute atomic E-state index is 13.1. The SMILES string of the molecule is CC(C)=N/C(=C(/C)CCC(=O)Nc1ccc(-c2cnccn2)cn1)c1ccnc(C(F)(F)F)c1. The van der Waals surface area contributed by atoms with E-state index in [2.05, 4.69) is 30.2 Å². The Morgan fingerprint density at radius 1 is 0.971 bits per heavy atom. The van der Waals surface area contributed by atoms with Crippen LogP contribution in [0.3, 0.4) is 0 Å². The fraction of sp³-hybridized carbons (Fsp3) is 0.250. The van der Waals surface area contributed by atoms with Gasteiger partial charge in [0.25, 0.3) is 0 Å². The summed E-state index contributed by atoms with van der Waals surface area (Å²) in [6, 6.07) is 5.88. The first-order valence-electron chi connectivity index (χ1n) is 10.4. The van der Waals surface area contributed by atoms with Gasteiger partial charge in [0.2, 0.25) is 5.91 Å². The van der Waals surface area contributed by atoms with Crippen LogP contribution >= 0.6 is 0 Å². The van der Waals surface area contributed by atoms with E-state index in [0.29, 0.717) is 40.5 Å². The Balaban J connectivity index is 1.71. The number of alkyl halides is 3. The molecule has 0 fully saturated rings. The van der Waals surface area contributed by atoms with Crippen molar-refractivity contribution < 1.29 is 18.0 Å². The minimum Gasteiger partial charge on any atom is -0.311 e. The van der Waals surface area contributed by atoms with Crippen molar-refractivity contribution in [1.29, 1.82) is 0 Å². The smallest absolute Gasteiger partial charge is 0.311 e. The second-order valence-electron chi connectivity index (χ2n) is 7.69. The first-order chi connectivity index (χ1) is 16.1.